The number of carbonyl (C=O) groups excluding carboxylic acids is 4. The number of likely N-dealkylation sites (tertiary alicyclic amines) is 2. The number of hydrogen-bond acceptors (Lipinski definition) is 10. The lowest BCUT2D eigenvalue weighted by atomic mass is 9.98. The van der Waals surface area contributed by atoms with Crippen LogP contribution in [0.15, 0.2) is 67.0 Å². The number of hydrogen-bond donors (Lipinski definition) is 4. The highest BCUT2D eigenvalue weighted by Crippen LogP contribution is 2.48. The number of rotatable bonds is 11. The molecule has 18 heteroatoms. The van der Waals surface area contributed by atoms with Gasteiger partial charge in [0.25, 0.3) is 0 Å². The molecule has 3 unspecified atom stereocenters. The molecule has 7 heterocycles. The minimum atomic E-state index is -0.779. The van der Waals surface area contributed by atoms with E-state index in [0.717, 1.165) is 64.7 Å². The molecule has 0 spiro atoms. The van der Waals surface area contributed by atoms with Crippen LogP contribution in [0.2, 0.25) is 0 Å². The van der Waals surface area contributed by atoms with E-state index < -0.39 is 36.3 Å². The topological polar surface area (TPSA) is 198 Å². The minimum absolute atomic E-state index is 0.112. The molecule has 6 aromatic rings. The highest BCUT2D eigenvalue weighted by Gasteiger charge is 2.40. The largest absolute Gasteiger partial charge is 0.490 e. The van der Waals surface area contributed by atoms with Gasteiger partial charge in [0, 0.05) is 35.2 Å². The van der Waals surface area contributed by atoms with Crippen molar-refractivity contribution in [1.82, 2.24) is 44.9 Å². The van der Waals surface area contributed by atoms with Crippen molar-refractivity contribution < 1.29 is 42.5 Å². The number of imidazole rings is 2. The maximum Gasteiger partial charge on any atom is 0.407 e. The first kappa shape index (κ1) is 47.3. The van der Waals surface area contributed by atoms with Crippen LogP contribution in [0.5, 0.6) is 11.5 Å². The quantitative estimate of drug-likeness (QED) is 0.0972. The smallest absolute Gasteiger partial charge is 0.407 e. The molecule has 17 nitrogen and oxygen atoms in total. The number of benzene rings is 3. The van der Waals surface area contributed by atoms with E-state index in [2.05, 4.69) is 33.6 Å². The first-order valence-electron chi connectivity index (χ1n) is 24.6. The highest BCUT2D eigenvalue weighted by atomic mass is 19.1. The summed E-state index contributed by atoms with van der Waals surface area (Å²) < 4.78 is 41.8. The fourth-order valence-electron chi connectivity index (χ4n) is 10.7. The number of halogens is 1. The predicted octanol–water partition coefficient (Wildman–Crippen LogP) is 8.97. The Kier molecular flexibility index (Phi) is 12.7. The van der Waals surface area contributed by atoms with E-state index in [-0.39, 0.29) is 41.8 Å². The zero-order valence-electron chi connectivity index (χ0n) is 41.0. The molecule has 372 valence electrons. The summed E-state index contributed by atoms with van der Waals surface area (Å²) in [5.74, 6) is 1.20. The number of amides is 4. The van der Waals surface area contributed by atoms with Crippen molar-refractivity contribution in [3.8, 4) is 45.3 Å². The summed E-state index contributed by atoms with van der Waals surface area (Å²) in [6.45, 7) is 10.6. The molecule has 4 aliphatic rings. The summed E-state index contributed by atoms with van der Waals surface area (Å²) in [5.41, 5.74) is 6.47. The third kappa shape index (κ3) is 8.81. The van der Waals surface area contributed by atoms with Crippen LogP contribution in [0.3, 0.4) is 0 Å². The second-order valence-corrected chi connectivity index (χ2v) is 19.8. The molecule has 3 aromatic heterocycles. The monoisotopic (exact) mass is 969 g/mol. The third-order valence-electron chi connectivity index (χ3n) is 14.4. The predicted molar refractivity (Wildman–Crippen MR) is 262 cm³/mol. The number of H-pyrrole nitrogens is 2. The zero-order valence-corrected chi connectivity index (χ0v) is 41.0. The Hall–Kier alpha value is -7.37. The lowest BCUT2D eigenvalue weighted by Gasteiger charge is -2.32. The van der Waals surface area contributed by atoms with Gasteiger partial charge >= 0.3 is 12.2 Å². The Bertz CT molecular complexity index is 3030. The van der Waals surface area contributed by atoms with Crippen LogP contribution in [0.1, 0.15) is 108 Å². The van der Waals surface area contributed by atoms with Crippen molar-refractivity contribution in [1.29, 1.82) is 0 Å². The average molecular weight is 970 g/mol. The number of carbonyl (C=O) groups is 4. The van der Waals surface area contributed by atoms with Gasteiger partial charge in [-0.1, -0.05) is 33.8 Å². The molecule has 4 N–H and O–H groups in total. The van der Waals surface area contributed by atoms with Crippen LogP contribution >= 0.6 is 0 Å². The molecular formula is C53H60FN9O8. The summed E-state index contributed by atoms with van der Waals surface area (Å²) in [4.78, 5) is 71.9. The Morgan fingerprint density at radius 1 is 0.732 bits per heavy atom. The summed E-state index contributed by atoms with van der Waals surface area (Å²) >= 11 is 0. The van der Waals surface area contributed by atoms with Gasteiger partial charge in [0.15, 0.2) is 0 Å². The second kappa shape index (κ2) is 19.1. The minimum Gasteiger partial charge on any atom is -0.490 e. The molecule has 10 rings (SSSR count). The molecule has 0 aliphatic carbocycles. The number of nitrogens with one attached hydrogen (secondary N) is 4. The Morgan fingerprint density at radius 3 is 1.93 bits per heavy atom. The summed E-state index contributed by atoms with van der Waals surface area (Å²) in [5, 5.41) is 6.26. The first-order chi connectivity index (χ1) is 34.2. The van der Waals surface area contributed by atoms with E-state index in [1.54, 1.807) is 22.2 Å². The molecule has 4 aliphatic heterocycles. The van der Waals surface area contributed by atoms with Gasteiger partial charge in [-0.15, -0.1) is 0 Å². The van der Waals surface area contributed by atoms with Gasteiger partial charge in [0.05, 0.1) is 73.0 Å². The molecule has 71 heavy (non-hydrogen) atoms. The van der Waals surface area contributed by atoms with Crippen LogP contribution in [0.25, 0.3) is 44.7 Å². The molecular weight excluding hydrogens is 910 g/mol. The van der Waals surface area contributed by atoms with E-state index in [1.807, 2.05) is 74.7 Å². The van der Waals surface area contributed by atoms with Crippen molar-refractivity contribution in [2.75, 3.05) is 27.3 Å². The molecule has 0 saturated carbocycles. The van der Waals surface area contributed by atoms with Crippen molar-refractivity contribution in [3.05, 3.63) is 95.6 Å². The van der Waals surface area contributed by atoms with Crippen molar-refractivity contribution >= 4 is 34.9 Å². The number of nitrogens with zero attached hydrogens (tertiary/aromatic N) is 5. The highest BCUT2D eigenvalue weighted by molar-refractivity contribution is 5.93. The molecule has 6 atom stereocenters. The number of alkyl carbamates (subject to hydrolysis) is 2. The van der Waals surface area contributed by atoms with Crippen LogP contribution in [0, 0.1) is 17.7 Å². The fraction of sp³-hybridized carbons (Fsp3) is 0.434. The summed E-state index contributed by atoms with van der Waals surface area (Å²) in [7, 11) is 2.54. The van der Waals surface area contributed by atoms with Crippen molar-refractivity contribution in [2.45, 2.75) is 110 Å². The lowest BCUT2D eigenvalue weighted by Crippen LogP contribution is -2.51. The van der Waals surface area contributed by atoms with E-state index in [9.17, 15) is 19.2 Å². The summed E-state index contributed by atoms with van der Waals surface area (Å²) in [6.07, 6.45) is 6.20. The molecule has 4 amide bonds. The number of aromatic amines is 2. The van der Waals surface area contributed by atoms with Gasteiger partial charge in [-0.25, -0.2) is 23.9 Å². The van der Waals surface area contributed by atoms with E-state index in [1.165, 1.54) is 20.3 Å². The third-order valence-corrected chi connectivity index (χ3v) is 14.4. The van der Waals surface area contributed by atoms with Gasteiger partial charge in [0.1, 0.15) is 41.0 Å². The number of aromatic nitrogens is 5. The van der Waals surface area contributed by atoms with Gasteiger partial charge < -0.3 is 53.9 Å². The number of methoxy groups -OCH3 is 2. The SMILES string of the molecule is COC(=O)NC(C(=O)N1CCC[C@H]1c1ncc(-c2ccc3c(c2)cc2n3C(c3ccc4c(c3)CCC(C)O4)Oc3cc(-c4cnc([C@@H]5CCCN5C(=O)[C@@H](NC(=O)OC)C(C)C)[nH]4)cc(F)c3-2)[nH]1)C(C)C. The number of ether oxygens (including phenoxy) is 4. The van der Waals surface area contributed by atoms with Crippen LogP contribution in [0.4, 0.5) is 14.0 Å². The molecule has 2 saturated heterocycles. The maximum atomic E-state index is 17.0. The van der Waals surface area contributed by atoms with Crippen molar-refractivity contribution in [3.63, 3.8) is 0 Å². The average Bonchev–Trinajstić information content (AvgIpc) is 4.23. The number of fused-ring (bicyclic) bond motifs is 6. The van der Waals surface area contributed by atoms with Crippen LogP contribution in [-0.4, -0.2) is 104 Å². The van der Waals surface area contributed by atoms with Gasteiger partial charge in [-0.05, 0) is 111 Å². The standard InChI is InChI=1S/C53H60FN9O8/c1-27(2)45(59-52(66)68-6)49(64)61-18-8-10-39(61)47-55-25-36(57-47)30-14-16-38-34(20-30)23-41-44-35(54)22-33(24-43(44)71-51(63(38)41)32-15-17-42-31(21-32)13-12-29(5)70-42)37-26-56-48(58-37)40-11-9-19-62(40)50(65)46(28(3)4)60-53(67)69-7/h14-17,20-29,39-40,45-46,51H,8-13,18-19H2,1-7H3,(H,55,57)(H,56,58)(H,59,66)(H,60,67)/t29?,39-,40-,45?,46-,51?/m0/s1. The fourth-order valence-corrected chi connectivity index (χ4v) is 10.7. The van der Waals surface area contributed by atoms with Crippen LogP contribution < -0.4 is 20.1 Å². The lowest BCUT2D eigenvalue weighted by molar-refractivity contribution is -0.136. The van der Waals surface area contributed by atoms with Crippen molar-refractivity contribution in [2.24, 2.45) is 11.8 Å². The van der Waals surface area contributed by atoms with E-state index >= 15 is 4.39 Å². The second-order valence-electron chi connectivity index (χ2n) is 19.8. The van der Waals surface area contributed by atoms with Crippen LogP contribution in [-0.2, 0) is 25.5 Å². The molecule has 0 bridgehead atoms. The van der Waals surface area contributed by atoms with E-state index in [4.69, 9.17) is 28.9 Å². The van der Waals surface area contributed by atoms with Gasteiger partial charge in [-0.3, -0.25) is 9.59 Å². The first-order valence-corrected chi connectivity index (χ1v) is 24.6. The molecule has 0 radical (unpaired) electrons. The maximum absolute atomic E-state index is 17.0. The van der Waals surface area contributed by atoms with Gasteiger partial charge in [0.2, 0.25) is 18.0 Å². The Balaban J connectivity index is 0.985. The van der Waals surface area contributed by atoms with E-state index in [0.29, 0.717) is 65.8 Å². The Labute approximate surface area is 410 Å². The Morgan fingerprint density at radius 2 is 1.34 bits per heavy atom. The number of aryl methyl sites for hydroxylation is 1. The molecule has 2 fully saturated rings. The normalized spacial score (nSPS) is 20.2. The zero-order chi connectivity index (χ0) is 49.8. The summed E-state index contributed by atoms with van der Waals surface area (Å²) in [6, 6.07) is 15.3. The van der Waals surface area contributed by atoms with Gasteiger partial charge in [-0.2, -0.15) is 0 Å². The molecule has 3 aromatic carbocycles.